The average Bonchev–Trinajstić information content (AvgIpc) is 2.64. The number of hydrogen-bond donors (Lipinski definition) is 2. The van der Waals surface area contributed by atoms with Crippen molar-refractivity contribution in [3.05, 3.63) is 17.0 Å². The van der Waals surface area contributed by atoms with Crippen molar-refractivity contribution in [2.45, 2.75) is 32.9 Å². The van der Waals surface area contributed by atoms with Crippen LogP contribution in [0.5, 0.6) is 5.06 Å². The third-order valence-corrected chi connectivity index (χ3v) is 3.42. The molecule has 1 rings (SSSR count). The number of methoxy groups -OCH3 is 1. The largest absolute Gasteiger partial charge is 0.487 e. The van der Waals surface area contributed by atoms with E-state index in [9.17, 15) is 5.11 Å². The predicted molar refractivity (Wildman–Crippen MR) is 68.0 cm³/mol. The van der Waals surface area contributed by atoms with Crippen LogP contribution in [0.2, 0.25) is 0 Å². The first-order valence-corrected chi connectivity index (χ1v) is 6.45. The summed E-state index contributed by atoms with van der Waals surface area (Å²) >= 11 is 1.66. The topological polar surface area (TPSA) is 41.5 Å². The number of ether oxygens (including phenoxy) is 1. The van der Waals surface area contributed by atoms with Gasteiger partial charge in [-0.3, -0.25) is 0 Å². The first-order chi connectivity index (χ1) is 7.61. The van der Waals surface area contributed by atoms with E-state index >= 15 is 0 Å². The molecule has 3 nitrogen and oxygen atoms in total. The zero-order valence-electron chi connectivity index (χ0n) is 10.2. The normalized spacial score (nSPS) is 14.8. The molecule has 0 fully saturated rings. The quantitative estimate of drug-likeness (QED) is 0.772. The summed E-state index contributed by atoms with van der Waals surface area (Å²) in [6, 6.07) is 4.07. The van der Waals surface area contributed by atoms with Crippen molar-refractivity contribution >= 4 is 11.3 Å². The van der Waals surface area contributed by atoms with E-state index in [4.69, 9.17) is 4.74 Å². The van der Waals surface area contributed by atoms with Crippen molar-refractivity contribution in [3.63, 3.8) is 0 Å². The average molecular weight is 243 g/mol. The van der Waals surface area contributed by atoms with Gasteiger partial charge in [-0.1, -0.05) is 6.92 Å². The van der Waals surface area contributed by atoms with E-state index < -0.39 is 0 Å². The zero-order chi connectivity index (χ0) is 12.0. The van der Waals surface area contributed by atoms with Gasteiger partial charge >= 0.3 is 0 Å². The van der Waals surface area contributed by atoms with Gasteiger partial charge in [0.2, 0.25) is 0 Å². The Kier molecular flexibility index (Phi) is 5.80. The maximum atomic E-state index is 9.23. The summed E-state index contributed by atoms with van der Waals surface area (Å²) in [4.78, 5) is 1.28. The minimum absolute atomic E-state index is 0.210. The Morgan fingerprint density at radius 1 is 1.44 bits per heavy atom. The van der Waals surface area contributed by atoms with Crippen LogP contribution in [0.1, 0.15) is 25.1 Å². The molecule has 4 heteroatoms. The first kappa shape index (κ1) is 13.5. The maximum Gasteiger partial charge on any atom is 0.173 e. The highest BCUT2D eigenvalue weighted by Gasteiger charge is 2.06. The monoisotopic (exact) mass is 243 g/mol. The Morgan fingerprint density at radius 3 is 2.75 bits per heavy atom. The molecule has 1 aromatic heterocycles. The van der Waals surface area contributed by atoms with Gasteiger partial charge in [0.1, 0.15) is 0 Å². The van der Waals surface area contributed by atoms with Gasteiger partial charge in [0, 0.05) is 11.4 Å². The van der Waals surface area contributed by atoms with Crippen molar-refractivity contribution < 1.29 is 9.84 Å². The van der Waals surface area contributed by atoms with E-state index in [1.165, 1.54) is 4.88 Å². The number of hydrogen-bond acceptors (Lipinski definition) is 4. The lowest BCUT2D eigenvalue weighted by atomic mass is 10.1. The van der Waals surface area contributed by atoms with Gasteiger partial charge < -0.3 is 15.2 Å². The molecular weight excluding hydrogens is 222 g/mol. The van der Waals surface area contributed by atoms with Crippen molar-refractivity contribution in [1.82, 2.24) is 5.32 Å². The molecule has 0 amide bonds. The molecule has 0 radical (unpaired) electrons. The molecule has 2 atom stereocenters. The Hall–Kier alpha value is -0.580. The van der Waals surface area contributed by atoms with Gasteiger partial charge in [-0.2, -0.15) is 0 Å². The van der Waals surface area contributed by atoms with Crippen molar-refractivity contribution in [1.29, 1.82) is 0 Å². The summed E-state index contributed by atoms with van der Waals surface area (Å²) in [5.74, 6) is 0.502. The standard InChI is InChI=1S/C12H21NO2S/c1-9(6-10(2)14)7-13-8-11-4-5-12(15-3)16-11/h4-5,9-10,13-14H,6-8H2,1-3H3. The Labute approximate surface area is 101 Å². The highest BCUT2D eigenvalue weighted by molar-refractivity contribution is 7.13. The van der Waals surface area contributed by atoms with E-state index in [-0.39, 0.29) is 6.10 Å². The van der Waals surface area contributed by atoms with Crippen molar-refractivity contribution in [2.75, 3.05) is 13.7 Å². The van der Waals surface area contributed by atoms with E-state index in [0.29, 0.717) is 5.92 Å². The van der Waals surface area contributed by atoms with Gasteiger partial charge in [-0.15, -0.1) is 11.3 Å². The van der Waals surface area contributed by atoms with Crippen LogP contribution in [0.4, 0.5) is 0 Å². The molecule has 2 unspecified atom stereocenters. The first-order valence-electron chi connectivity index (χ1n) is 5.63. The Balaban J connectivity index is 2.19. The molecule has 0 aliphatic heterocycles. The van der Waals surface area contributed by atoms with E-state index in [2.05, 4.69) is 18.3 Å². The molecule has 0 aliphatic carbocycles. The van der Waals surface area contributed by atoms with Crippen molar-refractivity contribution in [3.8, 4) is 5.06 Å². The van der Waals surface area contributed by atoms with E-state index in [0.717, 1.165) is 24.6 Å². The SMILES string of the molecule is COc1ccc(CNCC(C)CC(C)O)s1. The van der Waals surface area contributed by atoms with Crippen LogP contribution in [0, 0.1) is 5.92 Å². The summed E-state index contributed by atoms with van der Waals surface area (Å²) in [5.41, 5.74) is 0. The summed E-state index contributed by atoms with van der Waals surface area (Å²) < 4.78 is 5.13. The smallest absolute Gasteiger partial charge is 0.173 e. The van der Waals surface area contributed by atoms with Crippen LogP contribution in [0.3, 0.4) is 0 Å². The second-order valence-electron chi connectivity index (χ2n) is 4.25. The highest BCUT2D eigenvalue weighted by atomic mass is 32.1. The minimum atomic E-state index is -0.210. The van der Waals surface area contributed by atoms with Crippen LogP contribution in [0.25, 0.3) is 0 Å². The number of aliphatic hydroxyl groups is 1. The second kappa shape index (κ2) is 6.89. The van der Waals surface area contributed by atoms with E-state index in [1.54, 1.807) is 18.4 Å². The highest BCUT2D eigenvalue weighted by Crippen LogP contribution is 2.23. The summed E-state index contributed by atoms with van der Waals surface area (Å²) in [5, 5.41) is 13.6. The molecular formula is C12H21NO2S. The molecule has 2 N–H and O–H groups in total. The predicted octanol–water partition coefficient (Wildman–Crippen LogP) is 2.25. The van der Waals surface area contributed by atoms with Gasteiger partial charge in [-0.05, 0) is 37.9 Å². The van der Waals surface area contributed by atoms with Crippen molar-refractivity contribution in [2.24, 2.45) is 5.92 Å². The summed E-state index contributed by atoms with van der Waals surface area (Å²) in [6.45, 7) is 5.79. The molecule has 16 heavy (non-hydrogen) atoms. The molecule has 1 aromatic rings. The fraction of sp³-hybridized carbons (Fsp3) is 0.667. The molecule has 0 aromatic carbocycles. The minimum Gasteiger partial charge on any atom is -0.487 e. The fourth-order valence-electron chi connectivity index (χ4n) is 1.67. The fourth-order valence-corrected chi connectivity index (χ4v) is 2.46. The lowest BCUT2D eigenvalue weighted by Gasteiger charge is -2.13. The summed E-state index contributed by atoms with van der Waals surface area (Å²) in [6.07, 6.45) is 0.638. The van der Waals surface area contributed by atoms with Crippen LogP contribution < -0.4 is 10.1 Å². The number of aliphatic hydroxyl groups excluding tert-OH is 1. The molecule has 0 aliphatic rings. The van der Waals surface area contributed by atoms with Crippen LogP contribution >= 0.6 is 11.3 Å². The second-order valence-corrected chi connectivity index (χ2v) is 5.38. The van der Waals surface area contributed by atoms with E-state index in [1.807, 2.05) is 13.0 Å². The maximum absolute atomic E-state index is 9.23. The lowest BCUT2D eigenvalue weighted by Crippen LogP contribution is -2.22. The molecule has 0 saturated heterocycles. The number of nitrogens with one attached hydrogen (secondary N) is 1. The third kappa shape index (κ3) is 4.96. The molecule has 0 saturated carbocycles. The summed E-state index contributed by atoms with van der Waals surface area (Å²) in [7, 11) is 1.69. The van der Waals surface area contributed by atoms with Crippen LogP contribution in [-0.4, -0.2) is 24.9 Å². The van der Waals surface area contributed by atoms with Gasteiger partial charge in [0.15, 0.2) is 5.06 Å². The Bertz CT molecular complexity index is 299. The number of rotatable bonds is 7. The molecule has 1 heterocycles. The zero-order valence-corrected chi connectivity index (χ0v) is 11.0. The Morgan fingerprint density at radius 2 is 2.19 bits per heavy atom. The van der Waals surface area contributed by atoms with Gasteiger partial charge in [-0.25, -0.2) is 0 Å². The van der Waals surface area contributed by atoms with Gasteiger partial charge in [0.05, 0.1) is 13.2 Å². The molecule has 92 valence electrons. The molecule has 0 spiro atoms. The third-order valence-electron chi connectivity index (χ3n) is 2.37. The van der Waals surface area contributed by atoms with Crippen LogP contribution in [0.15, 0.2) is 12.1 Å². The van der Waals surface area contributed by atoms with Gasteiger partial charge in [0.25, 0.3) is 0 Å². The molecule has 0 bridgehead atoms. The van der Waals surface area contributed by atoms with Crippen LogP contribution in [-0.2, 0) is 6.54 Å². The number of thiophene rings is 1. The lowest BCUT2D eigenvalue weighted by molar-refractivity contribution is 0.163.